The maximum absolute atomic E-state index is 14.5. The topological polar surface area (TPSA) is 86.8 Å². The van der Waals surface area contributed by atoms with Crippen molar-refractivity contribution in [2.45, 2.75) is 51.1 Å². The SMILES string of the molecule is CCCNC(=O)C(Cc1ccccc1)N(Cc1ccccc1C)C(=O)CN(c1cccc(C)c1)S(=O)(=O)c1ccccc1. The van der Waals surface area contributed by atoms with Crippen molar-refractivity contribution in [3.63, 3.8) is 0 Å². The van der Waals surface area contributed by atoms with Gasteiger partial charge in [-0.1, -0.05) is 91.9 Å². The highest BCUT2D eigenvalue weighted by molar-refractivity contribution is 7.92. The van der Waals surface area contributed by atoms with Gasteiger partial charge in [-0.15, -0.1) is 0 Å². The smallest absolute Gasteiger partial charge is 0.264 e. The molecule has 43 heavy (non-hydrogen) atoms. The van der Waals surface area contributed by atoms with Gasteiger partial charge in [0, 0.05) is 19.5 Å². The van der Waals surface area contributed by atoms with Gasteiger partial charge in [0.05, 0.1) is 10.6 Å². The predicted molar refractivity (Wildman–Crippen MR) is 171 cm³/mol. The third-order valence-electron chi connectivity index (χ3n) is 7.32. The Bertz CT molecular complexity index is 1630. The van der Waals surface area contributed by atoms with Gasteiger partial charge in [0.25, 0.3) is 10.0 Å². The molecule has 0 saturated carbocycles. The molecule has 4 rings (SSSR count). The number of amides is 2. The first kappa shape index (κ1) is 31.5. The Labute approximate surface area is 255 Å². The second-order valence-corrected chi connectivity index (χ2v) is 12.5. The van der Waals surface area contributed by atoms with Crippen LogP contribution in [0.4, 0.5) is 5.69 Å². The molecule has 224 valence electrons. The van der Waals surface area contributed by atoms with Gasteiger partial charge >= 0.3 is 0 Å². The zero-order valence-electron chi connectivity index (χ0n) is 24.9. The molecular weight excluding hydrogens is 558 g/mol. The molecule has 0 saturated heterocycles. The summed E-state index contributed by atoms with van der Waals surface area (Å²) in [7, 11) is -4.11. The second kappa shape index (κ2) is 14.6. The lowest BCUT2D eigenvalue weighted by Gasteiger charge is -2.34. The summed E-state index contributed by atoms with van der Waals surface area (Å²) in [6.45, 7) is 5.94. The van der Waals surface area contributed by atoms with E-state index in [0.29, 0.717) is 12.2 Å². The third-order valence-corrected chi connectivity index (χ3v) is 9.11. The number of hydrogen-bond acceptors (Lipinski definition) is 4. The predicted octanol–water partition coefficient (Wildman–Crippen LogP) is 5.67. The van der Waals surface area contributed by atoms with E-state index in [1.165, 1.54) is 17.0 Å². The van der Waals surface area contributed by atoms with E-state index in [2.05, 4.69) is 5.32 Å². The zero-order chi connectivity index (χ0) is 30.8. The molecule has 0 bridgehead atoms. The normalized spacial score (nSPS) is 11.9. The van der Waals surface area contributed by atoms with E-state index in [1.54, 1.807) is 36.4 Å². The van der Waals surface area contributed by atoms with E-state index >= 15 is 0 Å². The molecule has 0 fully saturated rings. The largest absolute Gasteiger partial charge is 0.354 e. The Morgan fingerprint density at radius 2 is 1.47 bits per heavy atom. The van der Waals surface area contributed by atoms with Crippen molar-refractivity contribution in [2.24, 2.45) is 0 Å². The van der Waals surface area contributed by atoms with E-state index < -0.39 is 28.5 Å². The summed E-state index contributed by atoms with van der Waals surface area (Å²) >= 11 is 0. The first-order valence-electron chi connectivity index (χ1n) is 14.5. The fourth-order valence-electron chi connectivity index (χ4n) is 4.92. The zero-order valence-corrected chi connectivity index (χ0v) is 25.8. The van der Waals surface area contributed by atoms with Gasteiger partial charge in [-0.05, 0) is 66.8 Å². The quantitative estimate of drug-likeness (QED) is 0.215. The Morgan fingerprint density at radius 1 is 0.814 bits per heavy atom. The van der Waals surface area contributed by atoms with Crippen LogP contribution in [-0.4, -0.2) is 44.3 Å². The molecule has 0 aliphatic heterocycles. The van der Waals surface area contributed by atoms with Crippen LogP contribution in [-0.2, 0) is 32.6 Å². The highest BCUT2D eigenvalue weighted by atomic mass is 32.2. The van der Waals surface area contributed by atoms with Crippen LogP contribution in [0.3, 0.4) is 0 Å². The van der Waals surface area contributed by atoms with Crippen LogP contribution >= 0.6 is 0 Å². The number of nitrogens with zero attached hydrogens (tertiary/aromatic N) is 2. The molecule has 7 nitrogen and oxygen atoms in total. The molecule has 0 aliphatic rings. The molecule has 0 spiro atoms. The van der Waals surface area contributed by atoms with Crippen LogP contribution in [0.5, 0.6) is 0 Å². The monoisotopic (exact) mass is 597 g/mol. The van der Waals surface area contributed by atoms with Crippen LogP contribution in [0, 0.1) is 13.8 Å². The van der Waals surface area contributed by atoms with E-state index in [9.17, 15) is 18.0 Å². The molecule has 1 atom stereocenters. The van der Waals surface area contributed by atoms with Crippen molar-refractivity contribution >= 4 is 27.5 Å². The summed E-state index contributed by atoms with van der Waals surface area (Å²) in [6, 6.07) is 31.6. The molecule has 4 aromatic rings. The summed E-state index contributed by atoms with van der Waals surface area (Å²) in [5, 5.41) is 2.97. The molecule has 2 amide bonds. The van der Waals surface area contributed by atoms with E-state index in [4.69, 9.17) is 0 Å². The van der Waals surface area contributed by atoms with Gasteiger partial charge in [0.2, 0.25) is 11.8 Å². The minimum atomic E-state index is -4.11. The molecule has 1 N–H and O–H groups in total. The van der Waals surface area contributed by atoms with Gasteiger partial charge < -0.3 is 10.2 Å². The number of carbonyl (C=O) groups is 2. The van der Waals surface area contributed by atoms with Crippen LogP contribution in [0.25, 0.3) is 0 Å². The van der Waals surface area contributed by atoms with Gasteiger partial charge in [0.15, 0.2) is 0 Å². The number of nitrogens with one attached hydrogen (secondary N) is 1. The van der Waals surface area contributed by atoms with Crippen LogP contribution in [0.15, 0.2) is 114 Å². The van der Waals surface area contributed by atoms with Crippen LogP contribution in [0.1, 0.15) is 35.6 Å². The van der Waals surface area contributed by atoms with Crippen LogP contribution in [0.2, 0.25) is 0 Å². The van der Waals surface area contributed by atoms with Gasteiger partial charge in [-0.2, -0.15) is 0 Å². The number of sulfonamides is 1. The molecule has 4 aromatic carbocycles. The van der Waals surface area contributed by atoms with Crippen molar-refractivity contribution < 1.29 is 18.0 Å². The standard InChI is InChI=1S/C35H39N3O4S/c1-4-22-36-35(40)33(24-29-16-7-5-8-17-29)37(25-30-18-12-11-15-28(30)3)34(39)26-38(31-19-13-14-27(2)23-31)43(41,42)32-20-9-6-10-21-32/h5-21,23,33H,4,22,24-26H2,1-3H3,(H,36,40). The Balaban J connectivity index is 1.80. The molecule has 8 heteroatoms. The van der Waals surface area contributed by atoms with Crippen molar-refractivity contribution in [2.75, 3.05) is 17.4 Å². The Morgan fingerprint density at radius 3 is 2.12 bits per heavy atom. The van der Waals surface area contributed by atoms with Crippen LogP contribution < -0.4 is 9.62 Å². The number of carbonyl (C=O) groups excluding carboxylic acids is 2. The maximum atomic E-state index is 14.5. The molecule has 0 radical (unpaired) electrons. The van der Waals surface area contributed by atoms with Crippen molar-refractivity contribution in [3.05, 3.63) is 131 Å². The lowest BCUT2D eigenvalue weighted by Crippen LogP contribution is -2.53. The highest BCUT2D eigenvalue weighted by Gasteiger charge is 2.34. The molecule has 0 aromatic heterocycles. The lowest BCUT2D eigenvalue weighted by atomic mass is 10.0. The van der Waals surface area contributed by atoms with Gasteiger partial charge in [-0.25, -0.2) is 8.42 Å². The average Bonchev–Trinajstić information content (AvgIpc) is 3.02. The van der Waals surface area contributed by atoms with E-state index in [-0.39, 0.29) is 23.8 Å². The lowest BCUT2D eigenvalue weighted by molar-refractivity contribution is -0.140. The summed E-state index contributed by atoms with van der Waals surface area (Å²) in [5.41, 5.74) is 3.98. The van der Waals surface area contributed by atoms with Gasteiger partial charge in [0.1, 0.15) is 12.6 Å². The Kier molecular flexibility index (Phi) is 10.7. The fourth-order valence-corrected chi connectivity index (χ4v) is 6.35. The molecule has 1 unspecified atom stereocenters. The number of benzene rings is 4. The first-order valence-corrected chi connectivity index (χ1v) is 15.9. The highest BCUT2D eigenvalue weighted by Crippen LogP contribution is 2.26. The number of aryl methyl sites for hydroxylation is 2. The minimum absolute atomic E-state index is 0.0799. The number of hydrogen-bond donors (Lipinski definition) is 1. The Hall–Kier alpha value is -4.43. The van der Waals surface area contributed by atoms with E-state index in [0.717, 1.165) is 33.0 Å². The van der Waals surface area contributed by atoms with Gasteiger partial charge in [-0.3, -0.25) is 13.9 Å². The minimum Gasteiger partial charge on any atom is -0.354 e. The van der Waals surface area contributed by atoms with Crippen molar-refractivity contribution in [3.8, 4) is 0 Å². The maximum Gasteiger partial charge on any atom is 0.264 e. The second-order valence-electron chi connectivity index (χ2n) is 10.6. The summed E-state index contributed by atoms with van der Waals surface area (Å²) in [4.78, 5) is 29.8. The average molecular weight is 598 g/mol. The molecular formula is C35H39N3O4S. The van der Waals surface area contributed by atoms with Crippen molar-refractivity contribution in [1.29, 1.82) is 0 Å². The number of anilines is 1. The summed E-state index contributed by atoms with van der Waals surface area (Å²) < 4.78 is 29.2. The molecule has 0 heterocycles. The fraction of sp³-hybridized carbons (Fsp3) is 0.257. The summed E-state index contributed by atoms with van der Waals surface area (Å²) in [5.74, 6) is -0.752. The van der Waals surface area contributed by atoms with Crippen molar-refractivity contribution in [1.82, 2.24) is 10.2 Å². The molecule has 0 aliphatic carbocycles. The summed E-state index contributed by atoms with van der Waals surface area (Å²) in [6.07, 6.45) is 1.02. The van der Waals surface area contributed by atoms with E-state index in [1.807, 2.05) is 81.4 Å². The number of rotatable bonds is 13. The first-order chi connectivity index (χ1) is 20.7. The third kappa shape index (κ3) is 8.11.